The Morgan fingerprint density at radius 2 is 2.32 bits per heavy atom. The number of rotatable bonds is 3. The first-order valence-electron chi connectivity index (χ1n) is 7.27. The van der Waals surface area contributed by atoms with Gasteiger partial charge >= 0.3 is 0 Å². The van der Waals surface area contributed by atoms with E-state index in [1.165, 1.54) is 25.7 Å². The van der Waals surface area contributed by atoms with E-state index >= 15 is 0 Å². The lowest BCUT2D eigenvalue weighted by Gasteiger charge is -2.24. The Morgan fingerprint density at radius 1 is 1.47 bits per heavy atom. The van der Waals surface area contributed by atoms with Crippen molar-refractivity contribution in [1.82, 2.24) is 10.2 Å². The fourth-order valence-electron chi connectivity index (χ4n) is 3.49. The molecule has 1 aliphatic heterocycles. The second-order valence-electron chi connectivity index (χ2n) is 5.88. The summed E-state index contributed by atoms with van der Waals surface area (Å²) in [5, 5.41) is 3.53. The molecule has 2 aliphatic rings. The summed E-state index contributed by atoms with van der Waals surface area (Å²) in [5.41, 5.74) is 0. The number of hydrogen-bond acceptors (Lipinski definition) is 3. The van der Waals surface area contributed by atoms with E-state index in [0.29, 0.717) is 18.5 Å². The molecule has 104 valence electrons. The van der Waals surface area contributed by atoms with Crippen molar-refractivity contribution in [2.45, 2.75) is 50.7 Å². The van der Waals surface area contributed by atoms with Crippen molar-refractivity contribution < 1.29 is 9.21 Å². The first-order valence-corrected chi connectivity index (χ1v) is 7.27. The Balaban J connectivity index is 1.58. The van der Waals surface area contributed by atoms with Crippen LogP contribution in [0.1, 0.15) is 37.9 Å². The van der Waals surface area contributed by atoms with E-state index in [4.69, 9.17) is 4.42 Å². The summed E-state index contributed by atoms with van der Waals surface area (Å²) < 4.78 is 5.30. The monoisotopic (exact) mass is 262 g/mol. The summed E-state index contributed by atoms with van der Waals surface area (Å²) in [7, 11) is 1.86. The summed E-state index contributed by atoms with van der Waals surface area (Å²) >= 11 is 0. The molecule has 19 heavy (non-hydrogen) atoms. The SMILES string of the molecule is CN(Cc1ccco1)C(=O)C1CC2CCCCC2N1. The van der Waals surface area contributed by atoms with E-state index in [0.717, 1.165) is 12.2 Å². The number of fused-ring (bicyclic) bond motifs is 1. The summed E-state index contributed by atoms with van der Waals surface area (Å²) in [6, 6.07) is 4.34. The van der Waals surface area contributed by atoms with Gasteiger partial charge in [0.25, 0.3) is 0 Å². The molecular weight excluding hydrogens is 240 g/mol. The Bertz CT molecular complexity index is 415. The van der Waals surface area contributed by atoms with E-state index in [9.17, 15) is 4.79 Å². The quantitative estimate of drug-likeness (QED) is 0.908. The van der Waals surface area contributed by atoms with Crippen LogP contribution in [0.5, 0.6) is 0 Å². The number of carbonyl (C=O) groups excluding carboxylic acids is 1. The van der Waals surface area contributed by atoms with Crippen LogP contribution < -0.4 is 5.32 Å². The largest absolute Gasteiger partial charge is 0.467 e. The van der Waals surface area contributed by atoms with Gasteiger partial charge in [0.1, 0.15) is 5.76 Å². The average Bonchev–Trinajstić information content (AvgIpc) is 3.05. The zero-order chi connectivity index (χ0) is 13.2. The van der Waals surface area contributed by atoms with Gasteiger partial charge in [-0.1, -0.05) is 12.8 Å². The van der Waals surface area contributed by atoms with Gasteiger partial charge < -0.3 is 14.6 Å². The van der Waals surface area contributed by atoms with Crippen LogP contribution in [0.25, 0.3) is 0 Å². The normalized spacial score (nSPS) is 30.1. The van der Waals surface area contributed by atoms with Crippen molar-refractivity contribution in [1.29, 1.82) is 0 Å². The van der Waals surface area contributed by atoms with E-state index in [-0.39, 0.29) is 11.9 Å². The van der Waals surface area contributed by atoms with Crippen LogP contribution in [0, 0.1) is 5.92 Å². The first kappa shape index (κ1) is 12.7. The second-order valence-corrected chi connectivity index (χ2v) is 5.88. The molecular formula is C15H22N2O2. The Hall–Kier alpha value is -1.29. The third kappa shape index (κ3) is 2.68. The van der Waals surface area contributed by atoms with Crippen molar-refractivity contribution in [3.63, 3.8) is 0 Å². The maximum atomic E-state index is 12.4. The van der Waals surface area contributed by atoms with Gasteiger partial charge in [0.05, 0.1) is 18.8 Å². The van der Waals surface area contributed by atoms with E-state index < -0.39 is 0 Å². The fraction of sp³-hybridized carbons (Fsp3) is 0.667. The second kappa shape index (κ2) is 5.37. The van der Waals surface area contributed by atoms with Gasteiger partial charge in [-0.05, 0) is 37.3 Å². The molecule has 1 aromatic heterocycles. The highest BCUT2D eigenvalue weighted by molar-refractivity contribution is 5.82. The molecule has 3 rings (SSSR count). The molecule has 1 saturated heterocycles. The Labute approximate surface area is 114 Å². The van der Waals surface area contributed by atoms with Crippen LogP contribution >= 0.6 is 0 Å². The smallest absolute Gasteiger partial charge is 0.239 e. The topological polar surface area (TPSA) is 45.5 Å². The van der Waals surface area contributed by atoms with Gasteiger partial charge in [0.2, 0.25) is 5.91 Å². The lowest BCUT2D eigenvalue weighted by Crippen LogP contribution is -2.43. The fourth-order valence-corrected chi connectivity index (χ4v) is 3.49. The number of amides is 1. The number of hydrogen-bond donors (Lipinski definition) is 1. The molecule has 0 bridgehead atoms. The molecule has 1 aromatic rings. The van der Waals surface area contributed by atoms with Gasteiger partial charge in [-0.3, -0.25) is 4.79 Å². The summed E-state index contributed by atoms with van der Waals surface area (Å²) in [6.07, 6.45) is 7.80. The minimum Gasteiger partial charge on any atom is -0.467 e. The highest BCUT2D eigenvalue weighted by atomic mass is 16.3. The highest BCUT2D eigenvalue weighted by Crippen LogP contribution is 2.33. The molecule has 2 heterocycles. The highest BCUT2D eigenvalue weighted by Gasteiger charge is 2.39. The van der Waals surface area contributed by atoms with Crippen LogP contribution in [0.4, 0.5) is 0 Å². The minimum atomic E-state index is 0.00747. The maximum absolute atomic E-state index is 12.4. The standard InChI is InChI=1S/C15H22N2O2/c1-17(10-12-6-4-8-19-12)15(18)14-9-11-5-2-3-7-13(11)16-14/h4,6,8,11,13-14,16H,2-3,5,7,9-10H2,1H3. The summed E-state index contributed by atoms with van der Waals surface area (Å²) in [5.74, 6) is 1.75. The number of likely N-dealkylation sites (N-methyl/N-ethyl adjacent to an activating group) is 1. The molecule has 4 nitrogen and oxygen atoms in total. The van der Waals surface area contributed by atoms with Crippen molar-refractivity contribution in [2.24, 2.45) is 5.92 Å². The predicted octanol–water partition coefficient (Wildman–Crippen LogP) is 2.16. The summed E-state index contributed by atoms with van der Waals surface area (Å²) in [4.78, 5) is 14.2. The molecule has 1 amide bonds. The van der Waals surface area contributed by atoms with Gasteiger partial charge in [-0.2, -0.15) is 0 Å². The first-order chi connectivity index (χ1) is 9.24. The third-order valence-electron chi connectivity index (χ3n) is 4.51. The molecule has 3 atom stereocenters. The average molecular weight is 262 g/mol. The van der Waals surface area contributed by atoms with Gasteiger partial charge in [0.15, 0.2) is 0 Å². The van der Waals surface area contributed by atoms with Crippen LogP contribution in [-0.4, -0.2) is 29.9 Å². The van der Waals surface area contributed by atoms with Crippen LogP contribution in [0.2, 0.25) is 0 Å². The summed E-state index contributed by atoms with van der Waals surface area (Å²) in [6.45, 7) is 0.555. The lowest BCUT2D eigenvalue weighted by atomic mass is 9.85. The molecule has 0 aromatic carbocycles. The third-order valence-corrected chi connectivity index (χ3v) is 4.51. The molecule has 1 saturated carbocycles. The Kier molecular flexibility index (Phi) is 3.60. The number of nitrogens with one attached hydrogen (secondary N) is 1. The molecule has 0 radical (unpaired) electrons. The van der Waals surface area contributed by atoms with Crippen molar-refractivity contribution in [3.8, 4) is 0 Å². The molecule has 1 N–H and O–H groups in total. The Morgan fingerprint density at radius 3 is 3.05 bits per heavy atom. The maximum Gasteiger partial charge on any atom is 0.239 e. The van der Waals surface area contributed by atoms with Crippen molar-refractivity contribution in [3.05, 3.63) is 24.2 Å². The van der Waals surface area contributed by atoms with Crippen LogP contribution in [0.3, 0.4) is 0 Å². The lowest BCUT2D eigenvalue weighted by molar-refractivity contribution is -0.132. The van der Waals surface area contributed by atoms with Crippen molar-refractivity contribution >= 4 is 5.91 Å². The van der Waals surface area contributed by atoms with E-state index in [1.54, 1.807) is 11.2 Å². The number of nitrogens with zero attached hydrogens (tertiary/aromatic N) is 1. The van der Waals surface area contributed by atoms with Gasteiger partial charge in [0, 0.05) is 13.1 Å². The number of furan rings is 1. The van der Waals surface area contributed by atoms with Crippen LogP contribution in [-0.2, 0) is 11.3 Å². The molecule has 0 spiro atoms. The van der Waals surface area contributed by atoms with E-state index in [2.05, 4.69) is 5.32 Å². The predicted molar refractivity (Wildman–Crippen MR) is 72.5 cm³/mol. The van der Waals surface area contributed by atoms with E-state index in [1.807, 2.05) is 19.2 Å². The van der Waals surface area contributed by atoms with Crippen molar-refractivity contribution in [2.75, 3.05) is 7.05 Å². The molecule has 4 heteroatoms. The minimum absolute atomic E-state index is 0.00747. The molecule has 2 fully saturated rings. The van der Waals surface area contributed by atoms with Gasteiger partial charge in [-0.15, -0.1) is 0 Å². The number of carbonyl (C=O) groups is 1. The molecule has 3 unspecified atom stereocenters. The van der Waals surface area contributed by atoms with Crippen LogP contribution in [0.15, 0.2) is 22.8 Å². The zero-order valence-electron chi connectivity index (χ0n) is 11.5. The zero-order valence-corrected chi connectivity index (χ0v) is 11.5. The molecule has 1 aliphatic carbocycles. The van der Waals surface area contributed by atoms with Gasteiger partial charge in [-0.25, -0.2) is 0 Å².